The molecule has 0 saturated heterocycles. The van der Waals surface area contributed by atoms with Gasteiger partial charge in [0.25, 0.3) is 0 Å². The molecular formula is C65H47N. The highest BCUT2D eigenvalue weighted by Gasteiger charge is 2.48. The first-order valence-corrected chi connectivity index (χ1v) is 23.0. The second-order valence-electron chi connectivity index (χ2n) is 17.7. The van der Waals surface area contributed by atoms with E-state index in [1.165, 1.54) is 99.7 Å². The van der Waals surface area contributed by atoms with Crippen molar-refractivity contribution in [1.29, 1.82) is 0 Å². The molecule has 0 aliphatic heterocycles. The van der Waals surface area contributed by atoms with Crippen LogP contribution in [0.5, 0.6) is 0 Å². The minimum Gasteiger partial charge on any atom is -0.309 e. The van der Waals surface area contributed by atoms with E-state index in [0.29, 0.717) is 0 Å². The van der Waals surface area contributed by atoms with Crippen molar-refractivity contribution in [2.75, 3.05) is 0 Å². The lowest BCUT2D eigenvalue weighted by Crippen LogP contribution is -2.39. The Balaban J connectivity index is 0.930. The summed E-state index contributed by atoms with van der Waals surface area (Å²) in [5, 5.41) is 2.54. The van der Waals surface area contributed by atoms with Crippen molar-refractivity contribution < 1.29 is 0 Å². The number of hydrogen-bond donors (Lipinski definition) is 0. The van der Waals surface area contributed by atoms with E-state index in [1.54, 1.807) is 0 Å². The van der Waals surface area contributed by atoms with Crippen molar-refractivity contribution in [2.45, 2.75) is 18.3 Å². The van der Waals surface area contributed by atoms with E-state index in [0.717, 1.165) is 5.69 Å². The number of para-hydroxylation sites is 2. The summed E-state index contributed by atoms with van der Waals surface area (Å²) in [7, 11) is 0. The summed E-state index contributed by atoms with van der Waals surface area (Å²) in [6.45, 7) is 2.46. The van der Waals surface area contributed by atoms with E-state index >= 15 is 0 Å². The van der Waals surface area contributed by atoms with Gasteiger partial charge in [0, 0.05) is 27.8 Å². The number of allylic oxidation sites excluding steroid dienone is 2. The predicted molar refractivity (Wildman–Crippen MR) is 279 cm³/mol. The quantitative estimate of drug-likeness (QED) is 0.136. The fourth-order valence-corrected chi connectivity index (χ4v) is 10.8. The van der Waals surface area contributed by atoms with Gasteiger partial charge in [0.15, 0.2) is 0 Å². The fraction of sp³-hybridized carbons (Fsp3) is 0.0462. The molecule has 312 valence electrons. The SMILES string of the molecule is CC1(c2ccc(-c3ccccc3-c3ccccc3-c3ccc(-n4c5ccccc5c5ccccc54)cc3)cc2)C(c2ccccc2-c2ccccc2)=CC1c1ccccc1-c1ccccc1. The molecule has 0 N–H and O–H groups in total. The van der Waals surface area contributed by atoms with Gasteiger partial charge in [0.1, 0.15) is 0 Å². The van der Waals surface area contributed by atoms with Crippen LogP contribution in [-0.4, -0.2) is 4.57 Å². The molecule has 2 unspecified atom stereocenters. The number of fused-ring (bicyclic) bond motifs is 3. The van der Waals surface area contributed by atoms with E-state index in [-0.39, 0.29) is 11.3 Å². The largest absolute Gasteiger partial charge is 0.309 e. The second kappa shape index (κ2) is 16.4. The Kier molecular flexibility index (Phi) is 9.76. The maximum Gasteiger partial charge on any atom is 0.0541 e. The summed E-state index contributed by atoms with van der Waals surface area (Å²) < 4.78 is 2.38. The zero-order valence-corrected chi connectivity index (χ0v) is 36.9. The lowest BCUT2D eigenvalue weighted by molar-refractivity contribution is 0.503. The standard InChI is InChI=1S/C65H47N/c1-65(61(57-30-14-10-26-53(57)45-20-4-2-5-21-45)44-62(65)58-31-15-11-27-54(58)46-22-6-3-7-23-46)49-40-36-47(37-41-49)51-24-8-12-28-55(51)56-29-13-9-25-52(56)48-38-42-50(43-39-48)66-63-34-18-16-32-59(63)60-33-17-19-35-64(60)66/h2-44,61H,1H3. The van der Waals surface area contributed by atoms with Crippen molar-refractivity contribution in [3.05, 3.63) is 278 Å². The van der Waals surface area contributed by atoms with E-state index in [1.807, 2.05) is 0 Å². The van der Waals surface area contributed by atoms with Gasteiger partial charge in [-0.1, -0.05) is 244 Å². The summed E-state index contributed by atoms with van der Waals surface area (Å²) in [5.74, 6) is 0.166. The third-order valence-corrected chi connectivity index (χ3v) is 14.2. The molecule has 1 aliphatic carbocycles. The van der Waals surface area contributed by atoms with Crippen LogP contribution in [0.15, 0.2) is 261 Å². The van der Waals surface area contributed by atoms with Crippen LogP contribution in [0.4, 0.5) is 0 Å². The first kappa shape index (κ1) is 39.3. The van der Waals surface area contributed by atoms with Gasteiger partial charge in [-0.25, -0.2) is 0 Å². The molecule has 1 aliphatic rings. The Bertz CT molecular complexity index is 3520. The molecule has 0 amide bonds. The van der Waals surface area contributed by atoms with Crippen molar-refractivity contribution in [3.63, 3.8) is 0 Å². The maximum atomic E-state index is 2.53. The number of rotatable bonds is 9. The third kappa shape index (κ3) is 6.55. The smallest absolute Gasteiger partial charge is 0.0541 e. The monoisotopic (exact) mass is 841 g/mol. The Labute approximate surface area is 387 Å². The zero-order chi connectivity index (χ0) is 44.0. The zero-order valence-electron chi connectivity index (χ0n) is 36.9. The van der Waals surface area contributed by atoms with Gasteiger partial charge in [-0.15, -0.1) is 0 Å². The normalized spacial score (nSPS) is 15.7. The average molecular weight is 842 g/mol. The van der Waals surface area contributed by atoms with E-state index in [9.17, 15) is 0 Å². The highest BCUT2D eigenvalue weighted by atomic mass is 15.0. The molecule has 0 spiro atoms. The molecule has 1 nitrogen and oxygen atoms in total. The van der Waals surface area contributed by atoms with Gasteiger partial charge in [0.2, 0.25) is 0 Å². The Morgan fingerprint density at radius 2 is 0.697 bits per heavy atom. The molecule has 66 heavy (non-hydrogen) atoms. The summed E-state index contributed by atoms with van der Waals surface area (Å²) in [6.07, 6.45) is 2.53. The topological polar surface area (TPSA) is 4.93 Å². The highest BCUT2D eigenvalue weighted by Crippen LogP contribution is 2.60. The number of aromatic nitrogens is 1. The van der Waals surface area contributed by atoms with E-state index < -0.39 is 0 Å². The van der Waals surface area contributed by atoms with Gasteiger partial charge in [-0.2, -0.15) is 0 Å². The average Bonchev–Trinajstić information content (AvgIpc) is 3.73. The minimum atomic E-state index is -0.300. The molecule has 1 aromatic heterocycles. The molecular weight excluding hydrogens is 795 g/mol. The van der Waals surface area contributed by atoms with E-state index in [4.69, 9.17) is 0 Å². The van der Waals surface area contributed by atoms with Crippen molar-refractivity contribution in [2.24, 2.45) is 0 Å². The molecule has 2 atom stereocenters. The fourth-order valence-electron chi connectivity index (χ4n) is 10.8. The Morgan fingerprint density at radius 3 is 1.24 bits per heavy atom. The van der Waals surface area contributed by atoms with E-state index in [2.05, 4.69) is 272 Å². The molecule has 0 saturated carbocycles. The lowest BCUT2D eigenvalue weighted by atomic mass is 9.54. The summed E-state index contributed by atoms with van der Waals surface area (Å²) in [4.78, 5) is 0. The van der Waals surface area contributed by atoms with Crippen LogP contribution in [0.1, 0.15) is 29.5 Å². The molecule has 1 heterocycles. The second-order valence-corrected chi connectivity index (χ2v) is 17.7. The molecule has 10 aromatic carbocycles. The van der Waals surface area contributed by atoms with Gasteiger partial charge >= 0.3 is 0 Å². The molecule has 12 rings (SSSR count). The van der Waals surface area contributed by atoms with Crippen molar-refractivity contribution >= 4 is 27.4 Å². The Hall–Kier alpha value is -8.26. The van der Waals surface area contributed by atoms with Crippen LogP contribution >= 0.6 is 0 Å². The highest BCUT2D eigenvalue weighted by molar-refractivity contribution is 6.09. The third-order valence-electron chi connectivity index (χ3n) is 14.2. The van der Waals surface area contributed by atoms with Crippen LogP contribution in [0.3, 0.4) is 0 Å². The van der Waals surface area contributed by atoms with Crippen LogP contribution < -0.4 is 0 Å². The predicted octanol–water partition coefficient (Wildman–Crippen LogP) is 17.3. The van der Waals surface area contributed by atoms with Gasteiger partial charge in [-0.3, -0.25) is 0 Å². The van der Waals surface area contributed by atoms with Crippen molar-refractivity contribution in [1.82, 2.24) is 4.57 Å². The van der Waals surface area contributed by atoms with Crippen LogP contribution in [0.2, 0.25) is 0 Å². The van der Waals surface area contributed by atoms with Crippen LogP contribution in [0, 0.1) is 0 Å². The molecule has 1 heteroatoms. The van der Waals surface area contributed by atoms with Gasteiger partial charge < -0.3 is 4.57 Å². The lowest BCUT2D eigenvalue weighted by Gasteiger charge is -2.49. The summed E-state index contributed by atoms with van der Waals surface area (Å²) in [6, 6.07) is 93.3. The molecule has 0 fully saturated rings. The number of benzene rings is 10. The number of hydrogen-bond acceptors (Lipinski definition) is 0. The molecule has 11 aromatic rings. The summed E-state index contributed by atoms with van der Waals surface area (Å²) in [5.41, 5.74) is 20.9. The molecule has 0 radical (unpaired) electrons. The molecule has 0 bridgehead atoms. The van der Waals surface area contributed by atoms with Crippen LogP contribution in [0.25, 0.3) is 88.7 Å². The van der Waals surface area contributed by atoms with Crippen LogP contribution in [-0.2, 0) is 5.41 Å². The Morgan fingerprint density at radius 1 is 0.318 bits per heavy atom. The van der Waals surface area contributed by atoms with Gasteiger partial charge in [0.05, 0.1) is 11.0 Å². The first-order valence-electron chi connectivity index (χ1n) is 23.0. The minimum absolute atomic E-state index is 0.166. The van der Waals surface area contributed by atoms with Crippen molar-refractivity contribution in [3.8, 4) is 61.3 Å². The first-order chi connectivity index (χ1) is 32.6. The summed E-state index contributed by atoms with van der Waals surface area (Å²) >= 11 is 0. The van der Waals surface area contributed by atoms with Gasteiger partial charge in [-0.05, 0) is 102 Å². The maximum absolute atomic E-state index is 2.53. The number of nitrogens with zero attached hydrogens (tertiary/aromatic N) is 1.